The van der Waals surface area contributed by atoms with E-state index in [9.17, 15) is 29.1 Å². The number of aliphatic carboxylic acids is 1. The highest BCUT2D eigenvalue weighted by molar-refractivity contribution is 5.98. The molecule has 0 aromatic heterocycles. The molecular formula is C34H41N5O6. The third kappa shape index (κ3) is 9.12. The van der Waals surface area contributed by atoms with Crippen LogP contribution >= 0.6 is 0 Å². The Morgan fingerprint density at radius 1 is 0.778 bits per heavy atom. The fraction of sp³-hybridized carbons (Fsp3) is 0.382. The average Bonchev–Trinajstić information content (AvgIpc) is 3.02. The Morgan fingerprint density at radius 3 is 1.78 bits per heavy atom. The molecule has 2 aliphatic rings. The molecule has 11 nitrogen and oxygen atoms in total. The molecule has 2 amide bonds. The fourth-order valence-corrected chi connectivity index (χ4v) is 5.52. The minimum Gasteiger partial charge on any atom is -0.480 e. The first-order valence-corrected chi connectivity index (χ1v) is 15.2. The van der Waals surface area contributed by atoms with Gasteiger partial charge in [-0.1, -0.05) is 80.9 Å². The molecule has 2 heterocycles. The van der Waals surface area contributed by atoms with Crippen LogP contribution in [0.25, 0.3) is 0 Å². The topological polar surface area (TPSA) is 162 Å². The minimum absolute atomic E-state index is 0.0225. The lowest BCUT2D eigenvalue weighted by Crippen LogP contribution is -2.55. The van der Waals surface area contributed by atoms with Crippen LogP contribution in [-0.4, -0.2) is 88.6 Å². The second-order valence-electron chi connectivity index (χ2n) is 11.7. The van der Waals surface area contributed by atoms with E-state index in [4.69, 9.17) is 5.73 Å². The number of rotatable bonds is 13. The van der Waals surface area contributed by atoms with Gasteiger partial charge in [0.15, 0.2) is 11.6 Å². The minimum atomic E-state index is -1.04. The molecule has 4 rings (SSSR count). The molecule has 0 fully saturated rings. The number of carbonyl (C=O) groups excluding carboxylic acids is 4. The molecule has 45 heavy (non-hydrogen) atoms. The van der Waals surface area contributed by atoms with E-state index in [1.165, 1.54) is 22.0 Å². The zero-order valence-electron chi connectivity index (χ0n) is 25.6. The number of ketones is 2. The second-order valence-corrected chi connectivity index (χ2v) is 11.7. The molecule has 4 atom stereocenters. The predicted molar refractivity (Wildman–Crippen MR) is 169 cm³/mol. The van der Waals surface area contributed by atoms with E-state index >= 15 is 0 Å². The number of nitrogens with zero attached hydrogens (tertiary/aromatic N) is 2. The number of hydrogen-bond acceptors (Lipinski definition) is 8. The molecule has 4 unspecified atom stereocenters. The first-order chi connectivity index (χ1) is 21.5. The van der Waals surface area contributed by atoms with Gasteiger partial charge in [-0.3, -0.25) is 19.2 Å². The number of benzene rings is 2. The lowest BCUT2D eigenvalue weighted by Gasteiger charge is -2.34. The Bertz CT molecular complexity index is 1460. The summed E-state index contributed by atoms with van der Waals surface area (Å²) in [5, 5.41) is 15.9. The van der Waals surface area contributed by atoms with Crippen molar-refractivity contribution in [3.05, 3.63) is 95.3 Å². The normalized spacial score (nSPS) is 17.8. The first-order valence-electron chi connectivity index (χ1n) is 15.2. The summed E-state index contributed by atoms with van der Waals surface area (Å²) in [7, 11) is 0. The maximum Gasteiger partial charge on any atom is 0.326 e. The summed E-state index contributed by atoms with van der Waals surface area (Å²) in [5.74, 6) is -2.65. The highest BCUT2D eigenvalue weighted by atomic mass is 16.4. The summed E-state index contributed by atoms with van der Waals surface area (Å²) in [6.45, 7) is 3.48. The Balaban J connectivity index is 1.51. The van der Waals surface area contributed by atoms with Crippen LogP contribution in [-0.2, 0) is 36.8 Å². The van der Waals surface area contributed by atoms with E-state index in [2.05, 4.69) is 10.6 Å². The van der Waals surface area contributed by atoms with Crippen LogP contribution in [0.5, 0.6) is 0 Å². The number of hydrogen-bond donors (Lipinski definition) is 4. The predicted octanol–water partition coefficient (Wildman–Crippen LogP) is 1.44. The number of carbonyl (C=O) groups is 5. The van der Waals surface area contributed by atoms with Gasteiger partial charge in [0.25, 0.3) is 0 Å². The summed E-state index contributed by atoms with van der Waals surface area (Å²) in [6.07, 6.45) is 3.93. The molecule has 0 saturated heterocycles. The first kappa shape index (κ1) is 33.1. The van der Waals surface area contributed by atoms with Crippen molar-refractivity contribution < 1.29 is 29.1 Å². The van der Waals surface area contributed by atoms with Crippen molar-refractivity contribution in [2.45, 2.75) is 51.2 Å². The van der Waals surface area contributed by atoms with Crippen LogP contribution in [0, 0.1) is 5.92 Å². The molecule has 238 valence electrons. The monoisotopic (exact) mass is 615 g/mol. The van der Waals surface area contributed by atoms with Crippen molar-refractivity contribution in [2.24, 2.45) is 11.7 Å². The quantitative estimate of drug-likeness (QED) is 0.261. The zero-order valence-corrected chi connectivity index (χ0v) is 25.6. The van der Waals surface area contributed by atoms with Crippen molar-refractivity contribution in [1.82, 2.24) is 20.4 Å². The maximum atomic E-state index is 14.0. The van der Waals surface area contributed by atoms with E-state index in [0.29, 0.717) is 24.2 Å². The molecule has 2 aromatic rings. The third-order valence-corrected chi connectivity index (χ3v) is 8.09. The Hall–Kier alpha value is -4.77. The third-order valence-electron chi connectivity index (χ3n) is 8.09. The van der Waals surface area contributed by atoms with Gasteiger partial charge in [0, 0.05) is 30.0 Å². The largest absolute Gasteiger partial charge is 0.480 e. The number of carboxylic acid groups (broad SMARTS) is 1. The number of amides is 2. The molecular weight excluding hydrogens is 574 g/mol. The molecule has 2 aliphatic heterocycles. The summed E-state index contributed by atoms with van der Waals surface area (Å²) in [6, 6.07) is 16.1. The summed E-state index contributed by atoms with van der Waals surface area (Å²) in [4.78, 5) is 67.4. The van der Waals surface area contributed by atoms with Crippen molar-refractivity contribution in [3.8, 4) is 0 Å². The molecule has 2 aromatic carbocycles. The molecule has 0 bridgehead atoms. The number of nitrogens with one attached hydrogen (secondary N) is 2. The van der Waals surface area contributed by atoms with Gasteiger partial charge in [-0.05, 0) is 23.5 Å². The van der Waals surface area contributed by atoms with Crippen molar-refractivity contribution in [2.75, 3.05) is 26.2 Å². The second kappa shape index (κ2) is 15.3. The molecule has 0 spiro atoms. The van der Waals surface area contributed by atoms with Gasteiger partial charge >= 0.3 is 5.97 Å². The van der Waals surface area contributed by atoms with Crippen molar-refractivity contribution in [1.29, 1.82) is 0 Å². The van der Waals surface area contributed by atoms with E-state index in [-0.39, 0.29) is 56.0 Å². The van der Waals surface area contributed by atoms with E-state index in [1.54, 1.807) is 0 Å². The van der Waals surface area contributed by atoms with Gasteiger partial charge < -0.3 is 31.3 Å². The highest BCUT2D eigenvalue weighted by Gasteiger charge is 2.33. The van der Waals surface area contributed by atoms with E-state index < -0.39 is 30.0 Å². The Morgan fingerprint density at radius 2 is 1.27 bits per heavy atom. The van der Waals surface area contributed by atoms with Gasteiger partial charge in [0.05, 0.1) is 32.2 Å². The van der Waals surface area contributed by atoms with Gasteiger partial charge in [0.1, 0.15) is 12.1 Å². The number of nitrogens with two attached hydrogens (primary N) is 1. The summed E-state index contributed by atoms with van der Waals surface area (Å²) in [5.41, 5.74) is 8.74. The van der Waals surface area contributed by atoms with Crippen LogP contribution in [0.15, 0.2) is 84.2 Å². The van der Waals surface area contributed by atoms with Crippen molar-refractivity contribution in [3.63, 3.8) is 0 Å². The smallest absolute Gasteiger partial charge is 0.326 e. The molecule has 0 aliphatic carbocycles. The van der Waals surface area contributed by atoms with Crippen LogP contribution in [0.1, 0.15) is 31.4 Å². The van der Waals surface area contributed by atoms with Crippen LogP contribution in [0.2, 0.25) is 0 Å². The van der Waals surface area contributed by atoms with Gasteiger partial charge in [-0.2, -0.15) is 0 Å². The molecule has 11 heteroatoms. The Labute approximate surface area is 263 Å². The highest BCUT2D eigenvalue weighted by Crippen LogP contribution is 2.17. The molecule has 0 saturated carbocycles. The Kier molecular flexibility index (Phi) is 11.3. The molecule has 0 radical (unpaired) electrons. The summed E-state index contributed by atoms with van der Waals surface area (Å²) >= 11 is 0. The van der Waals surface area contributed by atoms with Crippen LogP contribution < -0.4 is 16.4 Å². The average molecular weight is 616 g/mol. The number of carboxylic acids is 1. The lowest BCUT2D eigenvalue weighted by atomic mass is 9.98. The maximum absolute atomic E-state index is 14.0. The van der Waals surface area contributed by atoms with Crippen molar-refractivity contribution >= 4 is 29.4 Å². The van der Waals surface area contributed by atoms with E-state index in [0.717, 1.165) is 11.1 Å². The van der Waals surface area contributed by atoms with Gasteiger partial charge in [0.2, 0.25) is 11.8 Å². The van der Waals surface area contributed by atoms with Gasteiger partial charge in [-0.25, -0.2) is 4.79 Å². The SMILES string of the molecule is CCC(C)C(NC1=CC(=O)CN(C(=O)C(Cc2ccccc2)NC2=CC(=O)CN(C(=O)C(N)Cc3ccccc3)C2)C1)C(=O)O. The molecule has 5 N–H and O–H groups in total. The lowest BCUT2D eigenvalue weighted by molar-refractivity contribution is -0.140. The van der Waals surface area contributed by atoms with Crippen LogP contribution in [0.4, 0.5) is 0 Å². The summed E-state index contributed by atoms with van der Waals surface area (Å²) < 4.78 is 0. The van der Waals surface area contributed by atoms with Crippen LogP contribution in [0.3, 0.4) is 0 Å². The zero-order chi connectivity index (χ0) is 32.5. The standard InChI is InChI=1S/C34H41N5O6/c1-3-22(2)31(34(44)45)37-26-17-28(41)21-39(19-26)33(43)30(15-24-12-8-5-9-13-24)36-25-16-27(40)20-38(18-25)32(42)29(35)14-23-10-6-4-7-11-23/h4-13,16-17,22,29-31,36-37H,3,14-15,18-21,35H2,1-2H3,(H,44,45). The fourth-order valence-electron chi connectivity index (χ4n) is 5.52. The van der Waals surface area contributed by atoms with Gasteiger partial charge in [-0.15, -0.1) is 0 Å². The van der Waals surface area contributed by atoms with E-state index in [1.807, 2.05) is 74.5 Å².